The fourth-order valence-electron chi connectivity index (χ4n) is 2.28. The van der Waals surface area contributed by atoms with E-state index in [0.717, 1.165) is 11.3 Å². The Morgan fingerprint density at radius 1 is 1.04 bits per heavy atom. The van der Waals surface area contributed by atoms with Crippen LogP contribution in [0.3, 0.4) is 0 Å². The number of nitrogens with one attached hydrogen (secondary N) is 2. The SMILES string of the molecule is COc1nc(Nc2ccc(NC(C)=O)cc2)nc(-c2cccc(N)c2)n1. The number of nitrogens with zero attached hydrogens (tertiary/aromatic N) is 3. The Kier molecular flexibility index (Phi) is 4.93. The summed E-state index contributed by atoms with van der Waals surface area (Å²) in [6.45, 7) is 1.46. The van der Waals surface area contributed by atoms with Crippen molar-refractivity contribution in [1.82, 2.24) is 15.0 Å². The van der Waals surface area contributed by atoms with E-state index in [1.54, 1.807) is 24.3 Å². The van der Waals surface area contributed by atoms with E-state index in [1.165, 1.54) is 14.0 Å². The lowest BCUT2D eigenvalue weighted by molar-refractivity contribution is -0.114. The third kappa shape index (κ3) is 4.23. The van der Waals surface area contributed by atoms with Gasteiger partial charge >= 0.3 is 6.01 Å². The molecule has 8 nitrogen and oxygen atoms in total. The lowest BCUT2D eigenvalue weighted by Crippen LogP contribution is -2.06. The molecule has 26 heavy (non-hydrogen) atoms. The quantitative estimate of drug-likeness (QED) is 0.606. The molecule has 0 saturated carbocycles. The Hall–Kier alpha value is -3.68. The van der Waals surface area contributed by atoms with E-state index in [9.17, 15) is 4.79 Å². The van der Waals surface area contributed by atoms with Crippen LogP contribution in [0, 0.1) is 0 Å². The number of methoxy groups -OCH3 is 1. The molecule has 0 aliphatic carbocycles. The molecule has 3 aromatic rings. The molecule has 2 aromatic carbocycles. The lowest BCUT2D eigenvalue weighted by Gasteiger charge is -2.09. The largest absolute Gasteiger partial charge is 0.467 e. The number of hydrogen-bond donors (Lipinski definition) is 3. The van der Waals surface area contributed by atoms with Crippen LogP contribution in [0.5, 0.6) is 6.01 Å². The van der Waals surface area contributed by atoms with E-state index in [4.69, 9.17) is 10.5 Å². The second-order valence-corrected chi connectivity index (χ2v) is 5.48. The molecule has 3 rings (SSSR count). The summed E-state index contributed by atoms with van der Waals surface area (Å²) in [7, 11) is 1.49. The fraction of sp³-hybridized carbons (Fsp3) is 0.111. The average Bonchev–Trinajstić information content (AvgIpc) is 2.62. The van der Waals surface area contributed by atoms with Crippen LogP contribution in [0.15, 0.2) is 48.5 Å². The monoisotopic (exact) mass is 350 g/mol. The Morgan fingerprint density at radius 3 is 2.42 bits per heavy atom. The highest BCUT2D eigenvalue weighted by Gasteiger charge is 2.10. The standard InChI is InChI=1S/C18H18N6O2/c1-11(25)20-14-6-8-15(9-7-14)21-17-22-16(23-18(24-17)26-2)12-4-3-5-13(19)10-12/h3-10H,19H2,1-2H3,(H,20,25)(H,21,22,23,24). The molecule has 0 aliphatic rings. The van der Waals surface area contributed by atoms with Crippen LogP contribution < -0.4 is 21.1 Å². The van der Waals surface area contributed by atoms with Crippen LogP contribution in [0.1, 0.15) is 6.92 Å². The van der Waals surface area contributed by atoms with Crippen molar-refractivity contribution < 1.29 is 9.53 Å². The summed E-state index contributed by atoms with van der Waals surface area (Å²) in [5.74, 6) is 0.655. The summed E-state index contributed by atoms with van der Waals surface area (Å²) >= 11 is 0. The van der Waals surface area contributed by atoms with E-state index in [-0.39, 0.29) is 11.9 Å². The predicted molar refractivity (Wildman–Crippen MR) is 100 cm³/mol. The number of ether oxygens (including phenoxy) is 1. The summed E-state index contributed by atoms with van der Waals surface area (Å²) in [5.41, 5.74) is 8.66. The van der Waals surface area contributed by atoms with Crippen LogP contribution in [0.25, 0.3) is 11.4 Å². The van der Waals surface area contributed by atoms with Gasteiger partial charge in [-0.3, -0.25) is 4.79 Å². The topological polar surface area (TPSA) is 115 Å². The normalized spacial score (nSPS) is 10.2. The lowest BCUT2D eigenvalue weighted by atomic mass is 10.2. The average molecular weight is 350 g/mol. The Balaban J connectivity index is 1.87. The van der Waals surface area contributed by atoms with Gasteiger partial charge in [-0.1, -0.05) is 12.1 Å². The summed E-state index contributed by atoms with van der Waals surface area (Å²) in [6.07, 6.45) is 0. The number of hydrogen-bond acceptors (Lipinski definition) is 7. The molecule has 0 unspecified atom stereocenters. The first-order valence-electron chi connectivity index (χ1n) is 7.84. The number of rotatable bonds is 5. The molecule has 0 saturated heterocycles. The van der Waals surface area contributed by atoms with Crippen molar-refractivity contribution in [2.45, 2.75) is 6.92 Å². The molecule has 4 N–H and O–H groups in total. The molecule has 0 bridgehead atoms. The molecule has 0 spiro atoms. The zero-order chi connectivity index (χ0) is 18.5. The zero-order valence-electron chi connectivity index (χ0n) is 14.4. The number of carbonyl (C=O) groups excluding carboxylic acids is 1. The van der Waals surface area contributed by atoms with Gasteiger partial charge in [0.1, 0.15) is 0 Å². The van der Waals surface area contributed by atoms with E-state index in [0.29, 0.717) is 23.1 Å². The highest BCUT2D eigenvalue weighted by atomic mass is 16.5. The van der Waals surface area contributed by atoms with Crippen molar-refractivity contribution in [3.63, 3.8) is 0 Å². The van der Waals surface area contributed by atoms with E-state index in [1.807, 2.05) is 24.3 Å². The summed E-state index contributed by atoms with van der Waals surface area (Å²) in [5, 5.41) is 5.81. The molecular formula is C18H18N6O2. The summed E-state index contributed by atoms with van der Waals surface area (Å²) in [6, 6.07) is 14.6. The van der Waals surface area contributed by atoms with Crippen molar-refractivity contribution in [3.8, 4) is 17.4 Å². The van der Waals surface area contributed by atoms with Gasteiger partial charge < -0.3 is 21.1 Å². The van der Waals surface area contributed by atoms with Crippen molar-refractivity contribution in [2.24, 2.45) is 0 Å². The van der Waals surface area contributed by atoms with Gasteiger partial charge in [-0.15, -0.1) is 0 Å². The smallest absolute Gasteiger partial charge is 0.321 e. The van der Waals surface area contributed by atoms with E-state index >= 15 is 0 Å². The van der Waals surface area contributed by atoms with Gasteiger partial charge in [0.15, 0.2) is 5.82 Å². The van der Waals surface area contributed by atoms with Gasteiger partial charge in [0.2, 0.25) is 11.9 Å². The molecule has 132 valence electrons. The van der Waals surface area contributed by atoms with E-state index < -0.39 is 0 Å². The molecule has 1 amide bonds. The molecule has 1 aromatic heterocycles. The van der Waals surface area contributed by atoms with Crippen molar-refractivity contribution in [1.29, 1.82) is 0 Å². The van der Waals surface area contributed by atoms with Crippen molar-refractivity contribution in [2.75, 3.05) is 23.5 Å². The predicted octanol–water partition coefficient (Wildman–Crippen LogP) is 2.83. The Labute approximate surface area is 150 Å². The summed E-state index contributed by atoms with van der Waals surface area (Å²) < 4.78 is 5.17. The maximum atomic E-state index is 11.1. The van der Waals surface area contributed by atoms with Crippen LogP contribution >= 0.6 is 0 Å². The zero-order valence-corrected chi connectivity index (χ0v) is 14.4. The van der Waals surface area contributed by atoms with Gasteiger partial charge in [-0.05, 0) is 36.4 Å². The third-order valence-corrected chi connectivity index (χ3v) is 3.40. The van der Waals surface area contributed by atoms with Crippen LogP contribution in [0.4, 0.5) is 23.0 Å². The third-order valence-electron chi connectivity index (χ3n) is 3.40. The van der Waals surface area contributed by atoms with Gasteiger partial charge in [-0.25, -0.2) is 0 Å². The van der Waals surface area contributed by atoms with Crippen molar-refractivity contribution in [3.05, 3.63) is 48.5 Å². The van der Waals surface area contributed by atoms with Gasteiger partial charge in [0.25, 0.3) is 0 Å². The highest BCUT2D eigenvalue weighted by Crippen LogP contribution is 2.23. The first kappa shape index (κ1) is 17.2. The fourth-order valence-corrected chi connectivity index (χ4v) is 2.28. The first-order chi connectivity index (χ1) is 12.5. The second kappa shape index (κ2) is 7.47. The molecule has 0 fully saturated rings. The van der Waals surface area contributed by atoms with Crippen LogP contribution in [-0.2, 0) is 4.79 Å². The minimum Gasteiger partial charge on any atom is -0.467 e. The number of anilines is 4. The number of nitrogen functional groups attached to an aromatic ring is 1. The molecule has 8 heteroatoms. The first-order valence-corrected chi connectivity index (χ1v) is 7.84. The van der Waals surface area contributed by atoms with Crippen LogP contribution in [0.2, 0.25) is 0 Å². The maximum Gasteiger partial charge on any atom is 0.321 e. The molecule has 0 radical (unpaired) electrons. The Bertz CT molecular complexity index is 927. The van der Waals surface area contributed by atoms with Crippen LogP contribution in [-0.4, -0.2) is 28.0 Å². The van der Waals surface area contributed by atoms with Crippen molar-refractivity contribution >= 4 is 28.9 Å². The van der Waals surface area contributed by atoms with Gasteiger partial charge in [0.05, 0.1) is 7.11 Å². The minimum absolute atomic E-state index is 0.125. The van der Waals surface area contributed by atoms with Gasteiger partial charge in [0, 0.05) is 29.5 Å². The number of aromatic nitrogens is 3. The molecule has 0 atom stereocenters. The minimum atomic E-state index is -0.125. The summed E-state index contributed by atoms with van der Waals surface area (Å²) in [4.78, 5) is 24.0. The number of amides is 1. The van der Waals surface area contributed by atoms with Gasteiger partial charge in [-0.2, -0.15) is 15.0 Å². The number of nitrogens with two attached hydrogens (primary N) is 1. The molecular weight excluding hydrogens is 332 g/mol. The Morgan fingerprint density at radius 2 is 1.77 bits per heavy atom. The number of carbonyl (C=O) groups is 1. The molecule has 0 aliphatic heterocycles. The second-order valence-electron chi connectivity index (χ2n) is 5.48. The maximum absolute atomic E-state index is 11.1. The number of benzene rings is 2. The van der Waals surface area contributed by atoms with E-state index in [2.05, 4.69) is 25.6 Å². The highest BCUT2D eigenvalue weighted by molar-refractivity contribution is 5.88. The molecule has 1 heterocycles.